The third kappa shape index (κ3) is 4.05. The lowest BCUT2D eigenvalue weighted by Crippen LogP contribution is -2.48. The van der Waals surface area contributed by atoms with Crippen molar-refractivity contribution >= 4 is 11.9 Å². The first kappa shape index (κ1) is 18.7. The summed E-state index contributed by atoms with van der Waals surface area (Å²) in [5.41, 5.74) is 14.1. The number of hydrogen-bond donors (Lipinski definition) is 3. The average Bonchev–Trinajstić information content (AvgIpc) is 3.22. The summed E-state index contributed by atoms with van der Waals surface area (Å²) in [6.07, 6.45) is 4.22. The summed E-state index contributed by atoms with van der Waals surface area (Å²) in [6.45, 7) is 3.16. The zero-order valence-electron chi connectivity index (χ0n) is 16.6. The van der Waals surface area contributed by atoms with Crippen LogP contribution in [0.15, 0.2) is 30.3 Å². The summed E-state index contributed by atoms with van der Waals surface area (Å²) in [6, 6.07) is 11.2. The van der Waals surface area contributed by atoms with E-state index in [1.807, 2.05) is 6.07 Å². The number of benzene rings is 1. The van der Waals surface area contributed by atoms with Crippen molar-refractivity contribution in [2.75, 3.05) is 36.9 Å². The number of rotatable bonds is 4. The average molecular weight is 396 g/mol. The molecule has 3 aliphatic rings. The minimum atomic E-state index is 0.192. The normalized spacial score (nSPS) is 29.6. The highest BCUT2D eigenvalue weighted by molar-refractivity contribution is 5.38. The molecule has 8 heteroatoms. The second kappa shape index (κ2) is 8.22. The smallest absolute Gasteiger partial charge is 0.230 e. The Balaban J connectivity index is 1.38. The van der Waals surface area contributed by atoms with E-state index in [0.717, 1.165) is 38.2 Å². The van der Waals surface area contributed by atoms with Gasteiger partial charge in [-0.3, -0.25) is 10.9 Å². The van der Waals surface area contributed by atoms with Crippen molar-refractivity contribution in [1.82, 2.24) is 25.8 Å². The van der Waals surface area contributed by atoms with Crippen molar-refractivity contribution < 1.29 is 4.74 Å². The Bertz CT molecular complexity index is 833. The van der Waals surface area contributed by atoms with Crippen molar-refractivity contribution in [3.05, 3.63) is 41.7 Å². The Hall–Kier alpha value is -2.29. The van der Waals surface area contributed by atoms with Crippen LogP contribution in [0, 0.1) is 5.92 Å². The predicted octanol–water partition coefficient (Wildman–Crippen LogP) is 1.26. The van der Waals surface area contributed by atoms with Gasteiger partial charge in [-0.1, -0.05) is 30.3 Å². The van der Waals surface area contributed by atoms with Crippen LogP contribution in [0.3, 0.4) is 0 Å². The van der Waals surface area contributed by atoms with Crippen LogP contribution in [0.2, 0.25) is 0 Å². The maximum Gasteiger partial charge on any atom is 0.230 e. The molecular weight excluding hydrogens is 366 g/mol. The number of nitrogens with one attached hydrogen (secondary N) is 2. The van der Waals surface area contributed by atoms with Gasteiger partial charge < -0.3 is 15.4 Å². The summed E-state index contributed by atoms with van der Waals surface area (Å²) in [4.78, 5) is 16.2. The van der Waals surface area contributed by atoms with Crippen LogP contribution < -0.4 is 21.5 Å². The Morgan fingerprint density at radius 2 is 2.03 bits per heavy atom. The van der Waals surface area contributed by atoms with Gasteiger partial charge in [0.15, 0.2) is 0 Å². The van der Waals surface area contributed by atoms with E-state index in [2.05, 4.69) is 50.0 Å². The molecule has 3 heterocycles. The fraction of sp³-hybridized carbons (Fsp3) is 0.571. The maximum absolute atomic E-state index is 6.13. The molecule has 3 fully saturated rings. The molecule has 0 amide bonds. The molecule has 1 aromatic carbocycles. The second-order valence-electron chi connectivity index (χ2n) is 8.37. The molecule has 2 saturated heterocycles. The third-order valence-electron chi connectivity index (χ3n) is 6.47. The molecule has 0 radical (unpaired) electrons. The van der Waals surface area contributed by atoms with Gasteiger partial charge in [0.1, 0.15) is 5.82 Å². The van der Waals surface area contributed by atoms with Gasteiger partial charge in [0.05, 0.1) is 19.3 Å². The van der Waals surface area contributed by atoms with E-state index in [0.29, 0.717) is 43.0 Å². The number of nitrogen functional groups attached to an aromatic ring is 1. The minimum Gasteiger partial charge on any atom is -0.377 e. The quantitative estimate of drug-likeness (QED) is 0.711. The zero-order valence-corrected chi connectivity index (χ0v) is 16.6. The van der Waals surface area contributed by atoms with Crippen molar-refractivity contribution in [2.24, 2.45) is 5.92 Å². The van der Waals surface area contributed by atoms with Crippen LogP contribution in [0.1, 0.15) is 36.6 Å². The van der Waals surface area contributed by atoms with E-state index in [1.54, 1.807) is 0 Å². The molecule has 0 spiro atoms. The summed E-state index contributed by atoms with van der Waals surface area (Å²) < 4.78 is 5.77. The van der Waals surface area contributed by atoms with Crippen LogP contribution >= 0.6 is 0 Å². The summed E-state index contributed by atoms with van der Waals surface area (Å²) in [5.74, 6) is 2.87. The van der Waals surface area contributed by atoms with Crippen molar-refractivity contribution in [1.29, 1.82) is 0 Å². The number of morpholine rings is 1. The molecule has 0 bridgehead atoms. The van der Waals surface area contributed by atoms with Gasteiger partial charge in [-0.05, 0) is 37.2 Å². The first-order valence-corrected chi connectivity index (χ1v) is 10.6. The molecule has 8 nitrogen and oxygen atoms in total. The largest absolute Gasteiger partial charge is 0.377 e. The molecule has 4 N–H and O–H groups in total. The summed E-state index contributed by atoms with van der Waals surface area (Å²) >= 11 is 0. The van der Waals surface area contributed by atoms with Crippen LogP contribution in [-0.4, -0.2) is 53.3 Å². The number of aromatic nitrogens is 3. The number of hydrazine groups is 1. The van der Waals surface area contributed by atoms with Gasteiger partial charge in [0, 0.05) is 25.0 Å². The predicted molar refractivity (Wildman–Crippen MR) is 111 cm³/mol. The van der Waals surface area contributed by atoms with Gasteiger partial charge in [0.2, 0.25) is 11.9 Å². The molecule has 2 aliphatic heterocycles. The Morgan fingerprint density at radius 3 is 2.93 bits per heavy atom. The lowest BCUT2D eigenvalue weighted by molar-refractivity contribution is 0.0931. The SMILES string of the molecule is Nc1nc(C2CCC3CNNC3C2)nc(N2CCOCC2Cc2ccccc2)n1. The molecular formula is C21H29N7O. The number of hydrogen-bond acceptors (Lipinski definition) is 8. The molecule has 5 rings (SSSR count). The standard InChI is InChI=1S/C21H29N7O/c22-20-24-19(15-6-7-16-12-23-27-18(16)11-15)25-21(26-20)28-8-9-29-13-17(28)10-14-4-2-1-3-5-14/h1-5,15-18,23,27H,6-13H2,(H2,22,24,25,26). The Labute approximate surface area is 171 Å². The van der Waals surface area contributed by atoms with Crippen molar-refractivity contribution in [3.8, 4) is 0 Å². The summed E-state index contributed by atoms with van der Waals surface area (Å²) in [5, 5.41) is 0. The Morgan fingerprint density at radius 1 is 1.14 bits per heavy atom. The number of nitrogens with two attached hydrogens (primary N) is 1. The fourth-order valence-corrected chi connectivity index (χ4v) is 4.89. The molecule has 4 unspecified atom stereocenters. The number of fused-ring (bicyclic) bond motifs is 1. The number of nitrogens with zero attached hydrogens (tertiary/aromatic N) is 4. The zero-order chi connectivity index (χ0) is 19.6. The molecule has 154 valence electrons. The maximum atomic E-state index is 6.13. The van der Waals surface area contributed by atoms with Crippen molar-refractivity contribution in [3.63, 3.8) is 0 Å². The first-order chi connectivity index (χ1) is 14.3. The van der Waals surface area contributed by atoms with E-state index in [9.17, 15) is 0 Å². The molecule has 1 saturated carbocycles. The monoisotopic (exact) mass is 395 g/mol. The highest BCUT2D eigenvalue weighted by Gasteiger charge is 2.36. The van der Waals surface area contributed by atoms with E-state index in [1.165, 1.54) is 12.0 Å². The lowest BCUT2D eigenvalue weighted by atomic mass is 9.79. The lowest BCUT2D eigenvalue weighted by Gasteiger charge is -2.36. The van der Waals surface area contributed by atoms with Gasteiger partial charge >= 0.3 is 0 Å². The van der Waals surface area contributed by atoms with Gasteiger partial charge in [0.25, 0.3) is 0 Å². The highest BCUT2D eigenvalue weighted by atomic mass is 16.5. The minimum absolute atomic E-state index is 0.192. The van der Waals surface area contributed by atoms with Crippen LogP contribution in [-0.2, 0) is 11.2 Å². The Kier molecular flexibility index (Phi) is 5.30. The molecule has 1 aliphatic carbocycles. The molecule has 29 heavy (non-hydrogen) atoms. The number of anilines is 2. The first-order valence-electron chi connectivity index (χ1n) is 10.6. The van der Waals surface area contributed by atoms with E-state index >= 15 is 0 Å². The highest BCUT2D eigenvalue weighted by Crippen LogP contribution is 2.36. The summed E-state index contributed by atoms with van der Waals surface area (Å²) in [7, 11) is 0. The van der Waals surface area contributed by atoms with Gasteiger partial charge in [-0.25, -0.2) is 0 Å². The van der Waals surface area contributed by atoms with Gasteiger partial charge in [-0.15, -0.1) is 0 Å². The van der Waals surface area contributed by atoms with E-state index in [4.69, 9.17) is 15.5 Å². The third-order valence-corrected chi connectivity index (χ3v) is 6.47. The second-order valence-corrected chi connectivity index (χ2v) is 8.37. The van der Waals surface area contributed by atoms with E-state index < -0.39 is 0 Å². The number of ether oxygens (including phenoxy) is 1. The van der Waals surface area contributed by atoms with Gasteiger partial charge in [-0.2, -0.15) is 15.0 Å². The van der Waals surface area contributed by atoms with E-state index in [-0.39, 0.29) is 6.04 Å². The van der Waals surface area contributed by atoms with Crippen molar-refractivity contribution in [2.45, 2.75) is 43.7 Å². The van der Waals surface area contributed by atoms with Crippen LogP contribution in [0.25, 0.3) is 0 Å². The molecule has 2 aromatic rings. The molecule has 1 aromatic heterocycles. The molecule has 4 atom stereocenters. The van der Waals surface area contributed by atoms with Crippen LogP contribution in [0.5, 0.6) is 0 Å². The topological polar surface area (TPSA) is 101 Å². The van der Waals surface area contributed by atoms with Crippen LogP contribution in [0.4, 0.5) is 11.9 Å². The fourth-order valence-electron chi connectivity index (χ4n) is 4.89.